The van der Waals surface area contributed by atoms with Crippen LogP contribution < -0.4 is 4.74 Å². The molecule has 1 N–H and O–H groups in total. The Morgan fingerprint density at radius 3 is 2.64 bits per heavy atom. The molecule has 2 unspecified atom stereocenters. The van der Waals surface area contributed by atoms with Gasteiger partial charge < -0.3 is 14.7 Å². The highest BCUT2D eigenvalue weighted by Crippen LogP contribution is 2.25. The second-order valence-electron chi connectivity index (χ2n) is 7.02. The number of carbonyl (C=O) groups excluding carboxylic acids is 1. The highest BCUT2D eigenvalue weighted by Gasteiger charge is 2.33. The summed E-state index contributed by atoms with van der Waals surface area (Å²) >= 11 is 0. The van der Waals surface area contributed by atoms with E-state index in [2.05, 4.69) is 4.90 Å². The van der Waals surface area contributed by atoms with E-state index in [1.807, 2.05) is 36.1 Å². The summed E-state index contributed by atoms with van der Waals surface area (Å²) in [5.74, 6) is 1.11. The first kappa shape index (κ1) is 18.2. The topological polar surface area (TPSA) is 53.0 Å². The van der Waals surface area contributed by atoms with Crippen molar-refractivity contribution in [3.05, 3.63) is 29.8 Å². The average molecular weight is 346 g/mol. The quantitative estimate of drug-likeness (QED) is 0.857. The fraction of sp³-hybridized carbons (Fsp3) is 0.650. The number of aliphatic hydroxyl groups excluding tert-OH is 1. The highest BCUT2D eigenvalue weighted by atomic mass is 16.5. The number of rotatable bonds is 6. The Bertz CT molecular complexity index is 570. The summed E-state index contributed by atoms with van der Waals surface area (Å²) < 4.78 is 5.64. The molecular formula is C20H30N2O3. The van der Waals surface area contributed by atoms with Crippen LogP contribution in [-0.4, -0.2) is 65.7 Å². The zero-order chi connectivity index (χ0) is 17.6. The molecule has 138 valence electrons. The van der Waals surface area contributed by atoms with E-state index < -0.39 is 0 Å². The molecule has 25 heavy (non-hydrogen) atoms. The molecule has 3 rings (SSSR count). The van der Waals surface area contributed by atoms with E-state index in [1.165, 1.54) is 0 Å². The van der Waals surface area contributed by atoms with Crippen LogP contribution in [0.4, 0.5) is 0 Å². The first-order chi connectivity index (χ1) is 12.2. The number of piperazine rings is 1. The first-order valence-corrected chi connectivity index (χ1v) is 9.59. The third-order valence-corrected chi connectivity index (χ3v) is 5.46. The van der Waals surface area contributed by atoms with Gasteiger partial charge in [0.15, 0.2) is 0 Å². The molecule has 2 aliphatic rings. The van der Waals surface area contributed by atoms with Crippen molar-refractivity contribution >= 4 is 5.91 Å². The summed E-state index contributed by atoms with van der Waals surface area (Å²) in [6.07, 6.45) is 4.18. The van der Waals surface area contributed by atoms with Crippen molar-refractivity contribution in [2.45, 2.75) is 51.2 Å². The van der Waals surface area contributed by atoms with Gasteiger partial charge in [0.2, 0.25) is 5.91 Å². The molecule has 1 saturated carbocycles. The Kier molecular flexibility index (Phi) is 6.32. The van der Waals surface area contributed by atoms with E-state index in [0.717, 1.165) is 63.2 Å². The van der Waals surface area contributed by atoms with Crippen LogP contribution in [0.1, 0.15) is 38.2 Å². The molecule has 0 radical (unpaired) electrons. The van der Waals surface area contributed by atoms with Crippen LogP contribution in [0, 0.1) is 0 Å². The van der Waals surface area contributed by atoms with Crippen LogP contribution in [0.3, 0.4) is 0 Å². The molecule has 0 aromatic heterocycles. The van der Waals surface area contributed by atoms with E-state index in [-0.39, 0.29) is 12.0 Å². The largest absolute Gasteiger partial charge is 0.494 e. The molecule has 1 aromatic carbocycles. The molecule has 2 fully saturated rings. The van der Waals surface area contributed by atoms with Gasteiger partial charge in [-0.2, -0.15) is 0 Å². The standard InChI is InChI=1S/C20H30N2O3/c1-2-25-19-9-4-3-6-16(19)10-11-20(24)22-14-12-21(13-15-22)17-7-5-8-18(17)23/h3-4,6,9,17-18,23H,2,5,7-8,10-15H2,1H3. The molecule has 0 bridgehead atoms. The van der Waals surface area contributed by atoms with Crippen LogP contribution in [0.15, 0.2) is 24.3 Å². The maximum Gasteiger partial charge on any atom is 0.222 e. The van der Waals surface area contributed by atoms with Gasteiger partial charge in [-0.3, -0.25) is 9.69 Å². The van der Waals surface area contributed by atoms with Gasteiger partial charge in [0.05, 0.1) is 12.7 Å². The average Bonchev–Trinajstić information content (AvgIpc) is 3.07. The third-order valence-electron chi connectivity index (χ3n) is 5.46. The zero-order valence-electron chi connectivity index (χ0n) is 15.2. The Hall–Kier alpha value is -1.59. The molecule has 0 spiro atoms. The zero-order valence-corrected chi connectivity index (χ0v) is 15.2. The number of aryl methyl sites for hydroxylation is 1. The SMILES string of the molecule is CCOc1ccccc1CCC(=O)N1CCN(C2CCCC2O)CC1. The minimum Gasteiger partial charge on any atom is -0.494 e. The van der Waals surface area contributed by atoms with Crippen molar-refractivity contribution in [2.24, 2.45) is 0 Å². The van der Waals surface area contributed by atoms with E-state index in [0.29, 0.717) is 19.1 Å². The third kappa shape index (κ3) is 4.53. The number of aliphatic hydroxyl groups is 1. The maximum atomic E-state index is 12.6. The van der Waals surface area contributed by atoms with E-state index in [1.54, 1.807) is 0 Å². The van der Waals surface area contributed by atoms with E-state index in [4.69, 9.17) is 4.74 Å². The summed E-state index contributed by atoms with van der Waals surface area (Å²) in [6, 6.07) is 8.27. The second kappa shape index (κ2) is 8.68. The van der Waals surface area contributed by atoms with Crippen LogP contribution in [-0.2, 0) is 11.2 Å². The summed E-state index contributed by atoms with van der Waals surface area (Å²) in [7, 11) is 0. The fourth-order valence-electron chi connectivity index (χ4n) is 4.06. The number of para-hydroxylation sites is 1. The van der Waals surface area contributed by atoms with Gasteiger partial charge in [0.25, 0.3) is 0 Å². The number of hydrogen-bond acceptors (Lipinski definition) is 4. The number of nitrogens with zero attached hydrogens (tertiary/aromatic N) is 2. The van der Waals surface area contributed by atoms with Gasteiger partial charge in [0.1, 0.15) is 5.75 Å². The Balaban J connectivity index is 1.47. The molecule has 2 atom stereocenters. The minimum absolute atomic E-state index is 0.183. The lowest BCUT2D eigenvalue weighted by Gasteiger charge is -2.39. The number of amides is 1. The van der Waals surface area contributed by atoms with E-state index >= 15 is 0 Å². The van der Waals surface area contributed by atoms with Crippen molar-refractivity contribution in [3.63, 3.8) is 0 Å². The lowest BCUT2D eigenvalue weighted by atomic mass is 10.1. The monoisotopic (exact) mass is 346 g/mol. The van der Waals surface area contributed by atoms with Crippen LogP contribution in [0.2, 0.25) is 0 Å². The minimum atomic E-state index is -0.183. The molecule has 5 heteroatoms. The fourth-order valence-corrected chi connectivity index (χ4v) is 4.06. The predicted molar refractivity (Wildman–Crippen MR) is 97.7 cm³/mol. The molecule has 1 aliphatic heterocycles. The van der Waals surface area contributed by atoms with Gasteiger partial charge in [0, 0.05) is 38.6 Å². The second-order valence-corrected chi connectivity index (χ2v) is 7.02. The lowest BCUT2D eigenvalue weighted by molar-refractivity contribution is -0.133. The highest BCUT2D eigenvalue weighted by molar-refractivity contribution is 5.76. The van der Waals surface area contributed by atoms with Crippen molar-refractivity contribution < 1.29 is 14.6 Å². The lowest BCUT2D eigenvalue weighted by Crippen LogP contribution is -2.53. The predicted octanol–water partition coefficient (Wildman–Crippen LogP) is 2.08. The number of benzene rings is 1. The first-order valence-electron chi connectivity index (χ1n) is 9.59. The number of hydrogen-bond donors (Lipinski definition) is 1. The summed E-state index contributed by atoms with van der Waals surface area (Å²) in [4.78, 5) is 16.9. The van der Waals surface area contributed by atoms with Gasteiger partial charge in [-0.15, -0.1) is 0 Å². The molecule has 5 nitrogen and oxygen atoms in total. The van der Waals surface area contributed by atoms with Crippen LogP contribution in [0.5, 0.6) is 5.75 Å². The van der Waals surface area contributed by atoms with Crippen molar-refractivity contribution in [3.8, 4) is 5.75 Å². The smallest absolute Gasteiger partial charge is 0.222 e. The number of ether oxygens (including phenoxy) is 1. The molecule has 1 amide bonds. The molecular weight excluding hydrogens is 316 g/mol. The Morgan fingerprint density at radius 1 is 1.20 bits per heavy atom. The molecule has 1 saturated heterocycles. The summed E-state index contributed by atoms with van der Waals surface area (Å²) in [6.45, 7) is 5.92. The van der Waals surface area contributed by atoms with Gasteiger partial charge in [-0.25, -0.2) is 0 Å². The van der Waals surface area contributed by atoms with Crippen LogP contribution in [0.25, 0.3) is 0 Å². The van der Waals surface area contributed by atoms with Crippen molar-refractivity contribution in [2.75, 3.05) is 32.8 Å². The normalized spacial score (nSPS) is 24.5. The molecule has 1 aromatic rings. The molecule has 1 heterocycles. The van der Waals surface area contributed by atoms with Gasteiger partial charge in [-0.1, -0.05) is 18.2 Å². The van der Waals surface area contributed by atoms with Crippen molar-refractivity contribution in [1.29, 1.82) is 0 Å². The molecule has 1 aliphatic carbocycles. The van der Waals surface area contributed by atoms with Gasteiger partial charge in [-0.05, 0) is 44.2 Å². The van der Waals surface area contributed by atoms with Gasteiger partial charge >= 0.3 is 0 Å². The Morgan fingerprint density at radius 2 is 1.96 bits per heavy atom. The van der Waals surface area contributed by atoms with E-state index in [9.17, 15) is 9.90 Å². The maximum absolute atomic E-state index is 12.6. The Labute approximate surface area is 150 Å². The van der Waals surface area contributed by atoms with Crippen LogP contribution >= 0.6 is 0 Å². The summed E-state index contributed by atoms with van der Waals surface area (Å²) in [5, 5.41) is 10.1. The number of carbonyl (C=O) groups is 1. The summed E-state index contributed by atoms with van der Waals surface area (Å²) in [5.41, 5.74) is 1.10. The van der Waals surface area contributed by atoms with Crippen molar-refractivity contribution in [1.82, 2.24) is 9.80 Å².